The summed E-state index contributed by atoms with van der Waals surface area (Å²) >= 11 is 0. The third kappa shape index (κ3) is 2.00. The van der Waals surface area contributed by atoms with Gasteiger partial charge in [-0.25, -0.2) is 4.79 Å². The van der Waals surface area contributed by atoms with E-state index in [0.29, 0.717) is 0 Å². The largest absolute Gasteiger partial charge is 0.446 e. The minimum absolute atomic E-state index is 0.105. The van der Waals surface area contributed by atoms with Crippen LogP contribution in [-0.4, -0.2) is 29.8 Å². The molecule has 4 nitrogen and oxygen atoms in total. The van der Waals surface area contributed by atoms with E-state index < -0.39 is 0 Å². The smallest absolute Gasteiger partial charge is 0.411 e. The SMILES string of the molecule is NC1CCN1C(=O)OC1CCCCC1. The summed E-state index contributed by atoms with van der Waals surface area (Å²) in [4.78, 5) is 13.1. The molecule has 2 N–H and O–H groups in total. The summed E-state index contributed by atoms with van der Waals surface area (Å²) < 4.78 is 5.37. The van der Waals surface area contributed by atoms with Crippen molar-refractivity contribution in [3.8, 4) is 0 Å². The van der Waals surface area contributed by atoms with Gasteiger partial charge in [0.25, 0.3) is 0 Å². The first-order valence-electron chi connectivity index (χ1n) is 5.50. The molecule has 1 heterocycles. The highest BCUT2D eigenvalue weighted by atomic mass is 16.6. The average molecular weight is 198 g/mol. The molecule has 1 unspecified atom stereocenters. The third-order valence-corrected chi connectivity index (χ3v) is 3.12. The van der Waals surface area contributed by atoms with Crippen molar-refractivity contribution in [2.45, 2.75) is 50.8 Å². The highest BCUT2D eigenvalue weighted by Crippen LogP contribution is 2.22. The molecule has 0 aromatic carbocycles. The van der Waals surface area contributed by atoms with Crippen LogP contribution in [0.4, 0.5) is 4.79 Å². The molecule has 2 rings (SSSR count). The van der Waals surface area contributed by atoms with Gasteiger partial charge in [-0.15, -0.1) is 0 Å². The van der Waals surface area contributed by atoms with Gasteiger partial charge in [0.1, 0.15) is 6.10 Å². The van der Waals surface area contributed by atoms with Gasteiger partial charge in [0.05, 0.1) is 6.17 Å². The Balaban J connectivity index is 1.75. The molecule has 1 aliphatic heterocycles. The normalized spacial score (nSPS) is 28.4. The molecule has 0 radical (unpaired) electrons. The number of carbonyl (C=O) groups excluding carboxylic acids is 1. The van der Waals surface area contributed by atoms with Gasteiger partial charge in [-0.1, -0.05) is 6.42 Å². The molecular formula is C10H18N2O2. The molecule has 1 saturated heterocycles. The quantitative estimate of drug-likeness (QED) is 0.693. The molecule has 0 spiro atoms. The van der Waals surface area contributed by atoms with E-state index in [1.165, 1.54) is 19.3 Å². The number of likely N-dealkylation sites (tertiary alicyclic amines) is 1. The molecule has 0 aromatic rings. The van der Waals surface area contributed by atoms with Crippen LogP contribution in [-0.2, 0) is 4.74 Å². The molecule has 1 aliphatic carbocycles. The monoisotopic (exact) mass is 198 g/mol. The molecule has 1 amide bonds. The van der Waals surface area contributed by atoms with Crippen molar-refractivity contribution in [2.24, 2.45) is 5.73 Å². The predicted octanol–water partition coefficient (Wildman–Crippen LogP) is 1.45. The lowest BCUT2D eigenvalue weighted by atomic mass is 9.98. The lowest BCUT2D eigenvalue weighted by molar-refractivity contribution is 0.0128. The van der Waals surface area contributed by atoms with Gasteiger partial charge in [0.15, 0.2) is 0 Å². The van der Waals surface area contributed by atoms with Gasteiger partial charge in [-0.2, -0.15) is 0 Å². The van der Waals surface area contributed by atoms with Crippen LogP contribution in [0, 0.1) is 0 Å². The van der Waals surface area contributed by atoms with Gasteiger partial charge in [-0.3, -0.25) is 4.90 Å². The van der Waals surface area contributed by atoms with Crippen molar-refractivity contribution in [2.75, 3.05) is 6.54 Å². The molecule has 0 aromatic heterocycles. The minimum Gasteiger partial charge on any atom is -0.446 e. The van der Waals surface area contributed by atoms with Crippen LogP contribution in [0.25, 0.3) is 0 Å². The zero-order valence-corrected chi connectivity index (χ0v) is 8.45. The Labute approximate surface area is 84.4 Å². The predicted molar refractivity (Wildman–Crippen MR) is 52.7 cm³/mol. The summed E-state index contributed by atoms with van der Waals surface area (Å²) in [5, 5.41) is 0. The zero-order chi connectivity index (χ0) is 9.97. The number of amides is 1. The van der Waals surface area contributed by atoms with E-state index in [0.717, 1.165) is 25.8 Å². The Bertz CT molecular complexity index is 214. The number of nitrogens with zero attached hydrogens (tertiary/aromatic N) is 1. The molecule has 1 atom stereocenters. The van der Waals surface area contributed by atoms with Gasteiger partial charge in [0, 0.05) is 6.54 Å². The minimum atomic E-state index is -0.212. The first-order valence-corrected chi connectivity index (χ1v) is 5.50. The Morgan fingerprint density at radius 2 is 1.93 bits per heavy atom. The Hall–Kier alpha value is -0.770. The molecule has 2 aliphatic rings. The van der Waals surface area contributed by atoms with Gasteiger partial charge in [-0.05, 0) is 32.1 Å². The molecule has 1 saturated carbocycles. The Morgan fingerprint density at radius 3 is 2.43 bits per heavy atom. The van der Waals surface area contributed by atoms with Gasteiger partial charge in [0.2, 0.25) is 0 Å². The highest BCUT2D eigenvalue weighted by molar-refractivity contribution is 5.69. The fourth-order valence-electron chi connectivity index (χ4n) is 2.03. The Kier molecular flexibility index (Phi) is 2.91. The summed E-state index contributed by atoms with van der Waals surface area (Å²) in [5.74, 6) is 0. The van der Waals surface area contributed by atoms with Crippen LogP contribution in [0.15, 0.2) is 0 Å². The second kappa shape index (κ2) is 4.17. The van der Waals surface area contributed by atoms with Crippen molar-refractivity contribution in [1.29, 1.82) is 0 Å². The molecule has 0 bridgehead atoms. The van der Waals surface area contributed by atoms with E-state index in [1.54, 1.807) is 4.90 Å². The topological polar surface area (TPSA) is 55.6 Å². The number of hydrogen-bond donors (Lipinski definition) is 1. The summed E-state index contributed by atoms with van der Waals surface area (Å²) in [5.41, 5.74) is 5.65. The number of hydrogen-bond acceptors (Lipinski definition) is 3. The molecule has 4 heteroatoms. The average Bonchev–Trinajstić information content (AvgIpc) is 2.17. The van der Waals surface area contributed by atoms with E-state index in [4.69, 9.17) is 10.5 Å². The van der Waals surface area contributed by atoms with Gasteiger partial charge < -0.3 is 10.5 Å². The molecule has 80 valence electrons. The van der Waals surface area contributed by atoms with E-state index in [2.05, 4.69) is 0 Å². The first-order chi connectivity index (χ1) is 6.77. The van der Waals surface area contributed by atoms with Crippen molar-refractivity contribution in [3.05, 3.63) is 0 Å². The van der Waals surface area contributed by atoms with E-state index in [1.807, 2.05) is 0 Å². The summed E-state index contributed by atoms with van der Waals surface area (Å²) in [6.45, 7) is 0.757. The number of carbonyl (C=O) groups is 1. The zero-order valence-electron chi connectivity index (χ0n) is 8.45. The molecule has 14 heavy (non-hydrogen) atoms. The van der Waals surface area contributed by atoms with Crippen LogP contribution in [0.2, 0.25) is 0 Å². The summed E-state index contributed by atoms with van der Waals surface area (Å²) in [7, 11) is 0. The third-order valence-electron chi connectivity index (χ3n) is 3.12. The molecule has 2 fully saturated rings. The van der Waals surface area contributed by atoms with Crippen LogP contribution in [0.1, 0.15) is 38.5 Å². The van der Waals surface area contributed by atoms with E-state index in [-0.39, 0.29) is 18.4 Å². The molecular weight excluding hydrogens is 180 g/mol. The van der Waals surface area contributed by atoms with Crippen LogP contribution in [0.3, 0.4) is 0 Å². The highest BCUT2D eigenvalue weighted by Gasteiger charge is 2.31. The lowest BCUT2D eigenvalue weighted by Crippen LogP contribution is -2.56. The number of nitrogens with two attached hydrogens (primary N) is 1. The van der Waals surface area contributed by atoms with Crippen LogP contribution >= 0.6 is 0 Å². The maximum absolute atomic E-state index is 11.5. The summed E-state index contributed by atoms with van der Waals surface area (Å²) in [6.07, 6.45) is 6.42. The number of ether oxygens (including phenoxy) is 1. The standard InChI is InChI=1S/C10H18N2O2/c11-9-6-7-12(9)10(13)14-8-4-2-1-3-5-8/h8-9H,1-7,11H2. The second-order valence-electron chi connectivity index (χ2n) is 4.19. The Morgan fingerprint density at radius 1 is 1.21 bits per heavy atom. The van der Waals surface area contributed by atoms with Crippen LogP contribution < -0.4 is 5.73 Å². The number of rotatable bonds is 1. The van der Waals surface area contributed by atoms with E-state index >= 15 is 0 Å². The van der Waals surface area contributed by atoms with Crippen molar-refractivity contribution in [3.63, 3.8) is 0 Å². The van der Waals surface area contributed by atoms with Gasteiger partial charge >= 0.3 is 6.09 Å². The summed E-state index contributed by atoms with van der Waals surface area (Å²) in [6, 6.07) is 0. The van der Waals surface area contributed by atoms with Crippen molar-refractivity contribution < 1.29 is 9.53 Å². The van der Waals surface area contributed by atoms with Crippen molar-refractivity contribution in [1.82, 2.24) is 4.90 Å². The van der Waals surface area contributed by atoms with E-state index in [9.17, 15) is 4.79 Å². The fraction of sp³-hybridized carbons (Fsp3) is 0.900. The van der Waals surface area contributed by atoms with Crippen LogP contribution in [0.5, 0.6) is 0 Å². The maximum atomic E-state index is 11.5. The fourth-order valence-corrected chi connectivity index (χ4v) is 2.03. The maximum Gasteiger partial charge on any atom is 0.411 e. The first kappa shape index (κ1) is 9.77. The lowest BCUT2D eigenvalue weighted by Gasteiger charge is -2.38. The second-order valence-corrected chi connectivity index (χ2v) is 4.19. The van der Waals surface area contributed by atoms with Crippen molar-refractivity contribution >= 4 is 6.09 Å².